The van der Waals surface area contributed by atoms with Gasteiger partial charge in [0.2, 0.25) is 5.91 Å². The Morgan fingerprint density at radius 3 is 2.27 bits per heavy atom. The normalized spacial score (nSPS) is 22.3. The molecule has 3 aliphatic heterocycles. The van der Waals surface area contributed by atoms with Gasteiger partial charge in [0.1, 0.15) is 11.8 Å². The molecule has 2 amide bonds. The molecule has 49 heavy (non-hydrogen) atoms. The van der Waals surface area contributed by atoms with E-state index in [0.29, 0.717) is 44.6 Å². The van der Waals surface area contributed by atoms with Gasteiger partial charge in [-0.05, 0) is 141 Å². The zero-order chi connectivity index (χ0) is 34.9. The van der Waals surface area contributed by atoms with Crippen LogP contribution < -0.4 is 0 Å². The first-order valence-corrected chi connectivity index (χ1v) is 19.8. The predicted molar refractivity (Wildman–Crippen MR) is 199 cm³/mol. The van der Waals surface area contributed by atoms with Crippen LogP contribution in [0, 0.1) is 11.8 Å². The highest BCUT2D eigenvalue weighted by atomic mass is 79.9. The molecule has 0 bridgehead atoms. The lowest BCUT2D eigenvalue weighted by Gasteiger charge is -2.40. The number of aromatic nitrogens is 1. The highest BCUT2D eigenvalue weighted by molar-refractivity contribution is 9.10. The lowest BCUT2D eigenvalue weighted by molar-refractivity contribution is -0.134. The van der Waals surface area contributed by atoms with E-state index in [2.05, 4.69) is 53.8 Å². The van der Waals surface area contributed by atoms with Gasteiger partial charge in [-0.3, -0.25) is 19.6 Å². The van der Waals surface area contributed by atoms with Crippen molar-refractivity contribution < 1.29 is 19.4 Å². The van der Waals surface area contributed by atoms with Crippen LogP contribution in [0.4, 0.5) is 4.79 Å². The number of halogens is 3. The average molecular weight is 824 g/mol. The molecule has 1 aliphatic carbocycles. The van der Waals surface area contributed by atoms with Crippen LogP contribution in [-0.4, -0.2) is 112 Å². The van der Waals surface area contributed by atoms with Crippen LogP contribution in [0.1, 0.15) is 81.2 Å². The van der Waals surface area contributed by atoms with Crippen LogP contribution in [0.15, 0.2) is 33.3 Å². The summed E-state index contributed by atoms with van der Waals surface area (Å²) in [7, 11) is 0. The number of piperazine rings is 1. The monoisotopic (exact) mass is 821 g/mol. The first-order chi connectivity index (χ1) is 23.3. The zero-order valence-electron chi connectivity index (χ0n) is 29.0. The summed E-state index contributed by atoms with van der Waals surface area (Å²) in [6.07, 6.45) is 7.79. The van der Waals surface area contributed by atoms with Crippen molar-refractivity contribution in [1.82, 2.24) is 24.6 Å². The third-order valence-corrected chi connectivity index (χ3v) is 12.1. The van der Waals surface area contributed by atoms with Crippen molar-refractivity contribution >= 4 is 55.5 Å². The smallest absolute Gasteiger partial charge is 0.410 e. The summed E-state index contributed by atoms with van der Waals surface area (Å²) in [5.41, 5.74) is 4.58. The number of amides is 2. The number of likely N-dealkylation sites (tertiary alicyclic amines) is 2. The Morgan fingerprint density at radius 1 is 0.939 bits per heavy atom. The quantitative estimate of drug-likeness (QED) is 0.347. The third-order valence-electron chi connectivity index (χ3n) is 10.8. The number of rotatable bonds is 6. The highest BCUT2D eigenvalue weighted by Crippen LogP contribution is 2.46. The van der Waals surface area contributed by atoms with Crippen molar-refractivity contribution in [3.8, 4) is 0 Å². The fourth-order valence-corrected chi connectivity index (χ4v) is 9.66. The van der Waals surface area contributed by atoms with Crippen molar-refractivity contribution in [2.75, 3.05) is 58.9 Å². The first kappa shape index (κ1) is 37.0. The number of piperidine rings is 2. The van der Waals surface area contributed by atoms with Gasteiger partial charge in [-0.1, -0.05) is 27.5 Å². The molecule has 0 radical (unpaired) electrons. The van der Waals surface area contributed by atoms with Crippen LogP contribution in [0.2, 0.25) is 5.02 Å². The van der Waals surface area contributed by atoms with Gasteiger partial charge in [0, 0.05) is 65.4 Å². The summed E-state index contributed by atoms with van der Waals surface area (Å²) in [6.45, 7) is 11.5. The molecule has 12 heteroatoms. The number of fused-ring (bicyclic) bond motifs is 2. The number of aryl methyl sites for hydroxylation is 2. The standard InChI is InChI=1S/C37H50Br2ClN5O4/c1-37(2,3)49-36(48)45-16-14-44(15-17-45)32(47)23-42-10-6-24(7-11-42)18-31(46)43-12-8-25(9-13-43)34-33-26(20-29(40)21-30(33)39)4-5-27-19-28(38)22-41-35(27)34/h19-22,24-25,31,34,46H,4-18,23H2,1-3H3/t31?,34-/m1/s1. The van der Waals surface area contributed by atoms with Crippen LogP contribution in [0.3, 0.4) is 0 Å². The van der Waals surface area contributed by atoms with Crippen molar-refractivity contribution in [1.29, 1.82) is 0 Å². The van der Waals surface area contributed by atoms with E-state index in [9.17, 15) is 14.7 Å². The van der Waals surface area contributed by atoms with Gasteiger partial charge in [-0.15, -0.1) is 0 Å². The Kier molecular flexibility index (Phi) is 12.0. The number of benzene rings is 1. The summed E-state index contributed by atoms with van der Waals surface area (Å²) in [4.78, 5) is 38.5. The first-order valence-electron chi connectivity index (χ1n) is 17.9. The number of nitrogens with zero attached hydrogens (tertiary/aromatic N) is 5. The fourth-order valence-electron chi connectivity index (χ4n) is 8.16. The molecule has 2 aromatic rings. The maximum atomic E-state index is 13.1. The van der Waals surface area contributed by atoms with E-state index in [1.54, 1.807) is 4.90 Å². The van der Waals surface area contributed by atoms with E-state index >= 15 is 0 Å². The van der Waals surface area contributed by atoms with Crippen molar-refractivity contribution in [3.05, 3.63) is 60.7 Å². The molecule has 4 aliphatic rings. The average Bonchev–Trinajstić information content (AvgIpc) is 3.21. The summed E-state index contributed by atoms with van der Waals surface area (Å²) >= 11 is 14.0. The van der Waals surface area contributed by atoms with Gasteiger partial charge >= 0.3 is 6.09 Å². The lowest BCUT2D eigenvalue weighted by Crippen LogP contribution is -2.53. The van der Waals surface area contributed by atoms with Crippen molar-refractivity contribution in [3.63, 3.8) is 0 Å². The van der Waals surface area contributed by atoms with Gasteiger partial charge in [-0.2, -0.15) is 0 Å². The minimum atomic E-state index is -0.526. The summed E-state index contributed by atoms with van der Waals surface area (Å²) in [5, 5.41) is 12.1. The summed E-state index contributed by atoms with van der Waals surface area (Å²) in [6, 6.07) is 6.38. The molecule has 9 nitrogen and oxygen atoms in total. The Morgan fingerprint density at radius 2 is 1.59 bits per heavy atom. The number of hydrogen-bond acceptors (Lipinski definition) is 7. The second-order valence-corrected chi connectivity index (χ2v) is 17.5. The second kappa shape index (κ2) is 15.9. The minimum Gasteiger partial charge on any atom is -0.444 e. The van der Waals surface area contributed by atoms with E-state index in [0.717, 1.165) is 85.1 Å². The number of carbonyl (C=O) groups is 2. The maximum Gasteiger partial charge on any atom is 0.410 e. The number of aliphatic hydroxyl groups excluding tert-OH is 1. The molecule has 1 unspecified atom stereocenters. The Hall–Kier alpha value is -1.76. The highest BCUT2D eigenvalue weighted by Gasteiger charge is 2.37. The van der Waals surface area contributed by atoms with E-state index < -0.39 is 11.8 Å². The molecule has 3 saturated heterocycles. The SMILES string of the molecule is CC(C)(C)OC(=O)N1CCN(C(=O)CN2CCC(CC(O)N3CCC([C@H]4c5ncc(Br)cc5CCc5cc(Cl)cc(Br)c54)CC3)CC2)CC1. The van der Waals surface area contributed by atoms with Gasteiger partial charge in [0.15, 0.2) is 0 Å². The fraction of sp³-hybridized carbons (Fsp3) is 0.649. The molecule has 1 N–H and O–H groups in total. The Balaban J connectivity index is 0.970. The minimum absolute atomic E-state index is 0.127. The molecule has 268 valence electrons. The van der Waals surface area contributed by atoms with Crippen LogP contribution in [-0.2, 0) is 22.4 Å². The van der Waals surface area contributed by atoms with E-state index in [1.165, 1.54) is 22.4 Å². The molecule has 1 aromatic carbocycles. The molecule has 4 heterocycles. The topological polar surface area (TPSA) is 89.5 Å². The summed E-state index contributed by atoms with van der Waals surface area (Å²) in [5.74, 6) is 1.18. The second-order valence-electron chi connectivity index (χ2n) is 15.3. The largest absolute Gasteiger partial charge is 0.444 e. The van der Waals surface area contributed by atoms with Gasteiger partial charge in [0.25, 0.3) is 0 Å². The molecule has 0 saturated carbocycles. The van der Waals surface area contributed by atoms with Gasteiger partial charge in [0.05, 0.1) is 12.2 Å². The molecule has 2 atom stereocenters. The molecule has 1 aromatic heterocycles. The van der Waals surface area contributed by atoms with Crippen molar-refractivity contribution in [2.24, 2.45) is 11.8 Å². The zero-order valence-corrected chi connectivity index (χ0v) is 32.9. The van der Waals surface area contributed by atoms with Crippen LogP contribution >= 0.6 is 43.5 Å². The van der Waals surface area contributed by atoms with Crippen molar-refractivity contribution in [2.45, 2.75) is 83.5 Å². The number of carbonyl (C=O) groups excluding carboxylic acids is 2. The Labute approximate surface area is 312 Å². The molecule has 6 rings (SSSR count). The van der Waals surface area contributed by atoms with Gasteiger partial charge < -0.3 is 19.6 Å². The van der Waals surface area contributed by atoms with E-state index in [-0.39, 0.29) is 17.9 Å². The van der Waals surface area contributed by atoms with E-state index in [1.807, 2.05) is 37.9 Å². The Bertz CT molecular complexity index is 1500. The maximum absolute atomic E-state index is 13.1. The molecular weight excluding hydrogens is 774 g/mol. The number of aliphatic hydroxyl groups is 1. The van der Waals surface area contributed by atoms with E-state index in [4.69, 9.17) is 21.3 Å². The molecule has 0 spiro atoms. The summed E-state index contributed by atoms with van der Waals surface area (Å²) < 4.78 is 7.56. The predicted octanol–water partition coefficient (Wildman–Crippen LogP) is 6.70. The molecular formula is C37H50Br2ClN5O4. The lowest BCUT2D eigenvalue weighted by atomic mass is 9.76. The van der Waals surface area contributed by atoms with Crippen LogP contribution in [0.5, 0.6) is 0 Å². The number of ether oxygens (including phenoxy) is 1. The third kappa shape index (κ3) is 9.19. The number of hydrogen-bond donors (Lipinski definition) is 1. The van der Waals surface area contributed by atoms with Gasteiger partial charge in [-0.25, -0.2) is 4.79 Å². The van der Waals surface area contributed by atoms with Crippen LogP contribution in [0.25, 0.3) is 0 Å². The molecule has 3 fully saturated rings. The number of pyridine rings is 1.